The van der Waals surface area contributed by atoms with Gasteiger partial charge in [0, 0.05) is 18.6 Å². The molecule has 0 saturated heterocycles. The Morgan fingerprint density at radius 2 is 2.36 bits per heavy atom. The molecule has 0 radical (unpaired) electrons. The Kier molecular flexibility index (Phi) is 3.51. The Labute approximate surface area is 85.3 Å². The van der Waals surface area contributed by atoms with Crippen LogP contribution in [0.15, 0.2) is 23.3 Å². The molecule has 2 atom stereocenters. The van der Waals surface area contributed by atoms with E-state index in [2.05, 4.69) is 12.5 Å². The predicted molar refractivity (Wildman–Crippen MR) is 56.7 cm³/mol. The van der Waals surface area contributed by atoms with Crippen molar-refractivity contribution in [3.05, 3.63) is 23.3 Å². The second-order valence-electron chi connectivity index (χ2n) is 3.58. The number of aliphatic hydroxyl groups is 1. The molecule has 0 bridgehead atoms. The maximum absolute atomic E-state index is 9.17. The van der Waals surface area contributed by atoms with Gasteiger partial charge in [-0.15, -0.1) is 6.42 Å². The first-order valence-electron chi connectivity index (χ1n) is 4.64. The minimum Gasteiger partial charge on any atom is -0.396 e. The molecule has 1 aliphatic carbocycles. The summed E-state index contributed by atoms with van der Waals surface area (Å²) in [6, 6.07) is 0. The van der Waals surface area contributed by atoms with E-state index in [-0.39, 0.29) is 18.6 Å². The summed E-state index contributed by atoms with van der Waals surface area (Å²) in [6.07, 6.45) is 5.97. The minimum absolute atomic E-state index is 0.0368. The number of ether oxygens (including phenoxy) is 1. The third-order valence-electron chi connectivity index (χ3n) is 2.81. The Hall–Kier alpha value is -1.04. The molecule has 0 aromatic rings. The van der Waals surface area contributed by atoms with Gasteiger partial charge in [-0.05, 0) is 24.5 Å². The van der Waals surface area contributed by atoms with Gasteiger partial charge in [-0.25, -0.2) is 0 Å². The second kappa shape index (κ2) is 4.45. The number of terminal acetylenes is 1. The number of methoxy groups -OCH3 is 1. The van der Waals surface area contributed by atoms with E-state index in [0.29, 0.717) is 6.42 Å². The summed E-state index contributed by atoms with van der Waals surface area (Å²) in [5.74, 6) is 2.69. The summed E-state index contributed by atoms with van der Waals surface area (Å²) < 4.78 is 5.32. The summed E-state index contributed by atoms with van der Waals surface area (Å²) in [6.45, 7) is 5.99. The molecule has 0 spiro atoms. The van der Waals surface area contributed by atoms with Gasteiger partial charge in [0.2, 0.25) is 0 Å². The van der Waals surface area contributed by atoms with E-state index in [1.165, 1.54) is 0 Å². The van der Waals surface area contributed by atoms with E-state index in [4.69, 9.17) is 16.3 Å². The van der Waals surface area contributed by atoms with Gasteiger partial charge < -0.3 is 9.84 Å². The van der Waals surface area contributed by atoms with Gasteiger partial charge in [-0.1, -0.05) is 12.5 Å². The molecule has 0 heterocycles. The van der Waals surface area contributed by atoms with Gasteiger partial charge in [0.05, 0.1) is 6.61 Å². The van der Waals surface area contributed by atoms with Gasteiger partial charge >= 0.3 is 0 Å². The number of allylic oxidation sites excluding steroid dienone is 1. The van der Waals surface area contributed by atoms with Crippen molar-refractivity contribution in [3.8, 4) is 12.3 Å². The molecule has 0 aromatic carbocycles. The van der Waals surface area contributed by atoms with Crippen molar-refractivity contribution >= 4 is 0 Å². The van der Waals surface area contributed by atoms with Gasteiger partial charge in [-0.3, -0.25) is 0 Å². The zero-order valence-corrected chi connectivity index (χ0v) is 8.71. The van der Waals surface area contributed by atoms with E-state index in [9.17, 15) is 0 Å². The molecule has 76 valence electrons. The van der Waals surface area contributed by atoms with E-state index in [0.717, 1.165) is 16.7 Å². The van der Waals surface area contributed by atoms with Crippen molar-refractivity contribution in [2.45, 2.75) is 19.4 Å². The number of hydrogen-bond acceptors (Lipinski definition) is 2. The first-order valence-corrected chi connectivity index (χ1v) is 4.64. The first kappa shape index (κ1) is 11.0. The molecule has 0 aliphatic heterocycles. The molecule has 0 unspecified atom stereocenters. The predicted octanol–water partition coefficient (Wildman–Crippen LogP) is 1.52. The fraction of sp³-hybridized carbons (Fsp3) is 0.500. The fourth-order valence-electron chi connectivity index (χ4n) is 1.87. The molecular formula is C12H16O2. The number of hydrogen-bond donors (Lipinski definition) is 1. The Balaban J connectivity index is 3.05. The van der Waals surface area contributed by atoms with Crippen molar-refractivity contribution in [1.82, 2.24) is 0 Å². The van der Waals surface area contributed by atoms with E-state index in [1.54, 1.807) is 7.11 Å². The third kappa shape index (κ3) is 1.75. The highest BCUT2D eigenvalue weighted by Crippen LogP contribution is 2.33. The van der Waals surface area contributed by atoms with Crippen LogP contribution in [0.3, 0.4) is 0 Å². The Bertz CT molecular complexity index is 307. The van der Waals surface area contributed by atoms with Crippen molar-refractivity contribution in [3.63, 3.8) is 0 Å². The van der Waals surface area contributed by atoms with Gasteiger partial charge in [0.15, 0.2) is 0 Å². The van der Waals surface area contributed by atoms with Crippen LogP contribution in [0.1, 0.15) is 13.3 Å². The lowest BCUT2D eigenvalue weighted by molar-refractivity contribution is 0.131. The molecule has 0 aromatic heterocycles. The summed E-state index contributed by atoms with van der Waals surface area (Å²) in [4.78, 5) is 0. The summed E-state index contributed by atoms with van der Waals surface area (Å²) in [5, 5.41) is 9.17. The highest BCUT2D eigenvalue weighted by Gasteiger charge is 2.29. The van der Waals surface area contributed by atoms with E-state index < -0.39 is 0 Å². The second-order valence-corrected chi connectivity index (χ2v) is 3.58. The highest BCUT2D eigenvalue weighted by molar-refractivity contribution is 5.41. The zero-order chi connectivity index (χ0) is 10.7. The zero-order valence-electron chi connectivity index (χ0n) is 8.71. The average Bonchev–Trinajstić information content (AvgIpc) is 2.19. The molecule has 0 fully saturated rings. The number of aliphatic hydroxyl groups excluding tert-OH is 1. The van der Waals surface area contributed by atoms with Crippen LogP contribution >= 0.6 is 0 Å². The standard InChI is InChI=1S/C12H16O2/c1-5-10-6-11(7-13)9(3)12(14-4)8(10)2/h1,11-13H,3,6-7H2,2,4H3/t11-,12+/m0/s1. The molecule has 2 nitrogen and oxygen atoms in total. The van der Waals surface area contributed by atoms with Crippen molar-refractivity contribution < 1.29 is 9.84 Å². The van der Waals surface area contributed by atoms with Crippen LogP contribution in [0.2, 0.25) is 0 Å². The van der Waals surface area contributed by atoms with Gasteiger partial charge in [0.1, 0.15) is 6.10 Å². The first-order chi connectivity index (χ1) is 6.65. The topological polar surface area (TPSA) is 29.5 Å². The monoisotopic (exact) mass is 192 g/mol. The third-order valence-corrected chi connectivity index (χ3v) is 2.81. The molecule has 2 heteroatoms. The molecule has 0 amide bonds. The quantitative estimate of drug-likeness (QED) is 0.531. The van der Waals surface area contributed by atoms with Crippen LogP contribution in [-0.2, 0) is 4.74 Å². The lowest BCUT2D eigenvalue weighted by Crippen LogP contribution is -2.28. The van der Waals surface area contributed by atoms with Crippen molar-refractivity contribution in [1.29, 1.82) is 0 Å². The molecule has 1 aliphatic rings. The van der Waals surface area contributed by atoms with Crippen LogP contribution in [0.4, 0.5) is 0 Å². The lowest BCUT2D eigenvalue weighted by Gasteiger charge is -2.31. The smallest absolute Gasteiger partial charge is 0.100 e. The normalized spacial score (nSPS) is 27.7. The van der Waals surface area contributed by atoms with Crippen LogP contribution in [-0.4, -0.2) is 24.9 Å². The van der Waals surface area contributed by atoms with Crippen LogP contribution in [0.25, 0.3) is 0 Å². The minimum atomic E-state index is -0.132. The van der Waals surface area contributed by atoms with E-state index >= 15 is 0 Å². The average molecular weight is 192 g/mol. The van der Waals surface area contributed by atoms with Gasteiger partial charge in [-0.2, -0.15) is 0 Å². The van der Waals surface area contributed by atoms with Crippen LogP contribution < -0.4 is 0 Å². The number of rotatable bonds is 2. The van der Waals surface area contributed by atoms with E-state index in [1.807, 2.05) is 6.92 Å². The maximum Gasteiger partial charge on any atom is 0.100 e. The Morgan fingerprint density at radius 3 is 2.79 bits per heavy atom. The molecular weight excluding hydrogens is 176 g/mol. The summed E-state index contributed by atoms with van der Waals surface area (Å²) in [7, 11) is 1.63. The fourth-order valence-corrected chi connectivity index (χ4v) is 1.87. The van der Waals surface area contributed by atoms with Gasteiger partial charge in [0.25, 0.3) is 0 Å². The lowest BCUT2D eigenvalue weighted by atomic mass is 9.80. The highest BCUT2D eigenvalue weighted by atomic mass is 16.5. The molecule has 14 heavy (non-hydrogen) atoms. The molecule has 0 saturated carbocycles. The largest absolute Gasteiger partial charge is 0.396 e. The summed E-state index contributed by atoms with van der Waals surface area (Å²) >= 11 is 0. The van der Waals surface area contributed by atoms with Crippen LogP contribution in [0.5, 0.6) is 0 Å². The molecule has 1 rings (SSSR count). The Morgan fingerprint density at radius 1 is 1.71 bits per heavy atom. The van der Waals surface area contributed by atoms with Crippen LogP contribution in [0, 0.1) is 18.3 Å². The molecule has 1 N–H and O–H groups in total. The summed E-state index contributed by atoms with van der Waals surface area (Å²) in [5.41, 5.74) is 2.90. The maximum atomic E-state index is 9.17. The van der Waals surface area contributed by atoms with Crippen molar-refractivity contribution in [2.75, 3.05) is 13.7 Å². The van der Waals surface area contributed by atoms with Crippen molar-refractivity contribution in [2.24, 2.45) is 5.92 Å². The SMILES string of the molecule is C#CC1=C(C)[C@@H](OC)C(=C)[C@H](CO)C1.